The Morgan fingerprint density at radius 3 is 2.61 bits per heavy atom. The summed E-state index contributed by atoms with van der Waals surface area (Å²) in [7, 11) is 0. The average Bonchev–Trinajstić information content (AvgIpc) is 2.99. The van der Waals surface area contributed by atoms with Gasteiger partial charge in [-0.1, -0.05) is 51.8 Å². The van der Waals surface area contributed by atoms with Crippen molar-refractivity contribution in [1.82, 2.24) is 4.90 Å². The molecular formula is C18H17BrClNO2. The highest BCUT2D eigenvalue weighted by molar-refractivity contribution is 9.10. The molecule has 0 saturated carbocycles. The molecule has 2 unspecified atom stereocenters. The summed E-state index contributed by atoms with van der Waals surface area (Å²) in [5.74, 6) is -0.753. The molecule has 0 amide bonds. The van der Waals surface area contributed by atoms with Gasteiger partial charge in [-0.3, -0.25) is 9.69 Å². The van der Waals surface area contributed by atoms with Gasteiger partial charge in [0.2, 0.25) is 0 Å². The van der Waals surface area contributed by atoms with E-state index in [1.165, 1.54) is 0 Å². The first-order valence-electron chi connectivity index (χ1n) is 7.56. The van der Waals surface area contributed by atoms with Crippen LogP contribution in [0.1, 0.15) is 30.0 Å². The van der Waals surface area contributed by atoms with E-state index in [-0.39, 0.29) is 6.04 Å². The highest BCUT2D eigenvalue weighted by atomic mass is 79.9. The Balaban J connectivity index is 2.06. The van der Waals surface area contributed by atoms with E-state index in [9.17, 15) is 9.90 Å². The van der Waals surface area contributed by atoms with Gasteiger partial charge < -0.3 is 5.11 Å². The van der Waals surface area contributed by atoms with Crippen LogP contribution in [-0.4, -0.2) is 28.6 Å². The lowest BCUT2D eigenvalue weighted by Crippen LogP contribution is -2.39. The minimum absolute atomic E-state index is 0.0895. The van der Waals surface area contributed by atoms with E-state index >= 15 is 0 Å². The number of hydrogen-bond acceptors (Lipinski definition) is 2. The molecule has 2 atom stereocenters. The van der Waals surface area contributed by atoms with E-state index in [0.29, 0.717) is 11.4 Å². The minimum atomic E-state index is -0.753. The van der Waals surface area contributed by atoms with Crippen molar-refractivity contribution in [2.45, 2.75) is 24.9 Å². The fourth-order valence-electron chi connectivity index (χ4n) is 3.26. The van der Waals surface area contributed by atoms with Crippen LogP contribution in [0.2, 0.25) is 5.02 Å². The summed E-state index contributed by atoms with van der Waals surface area (Å²) in [6.45, 7) is 0.775. The topological polar surface area (TPSA) is 40.5 Å². The van der Waals surface area contributed by atoms with Gasteiger partial charge in [-0.05, 0) is 48.2 Å². The lowest BCUT2D eigenvalue weighted by Gasteiger charge is -2.32. The Morgan fingerprint density at radius 1 is 1.22 bits per heavy atom. The first kappa shape index (κ1) is 16.5. The number of carboxylic acid groups (broad SMARTS) is 1. The smallest absolute Gasteiger partial charge is 0.320 e. The van der Waals surface area contributed by atoms with Crippen LogP contribution in [0.25, 0.3) is 0 Å². The zero-order chi connectivity index (χ0) is 16.4. The van der Waals surface area contributed by atoms with Crippen molar-refractivity contribution in [3.8, 4) is 0 Å². The average molecular weight is 395 g/mol. The number of likely N-dealkylation sites (tertiary alicyclic amines) is 1. The molecule has 0 aromatic heterocycles. The predicted molar refractivity (Wildman–Crippen MR) is 94.8 cm³/mol. The molecule has 2 aromatic rings. The normalized spacial score (nSPS) is 19.7. The molecule has 0 spiro atoms. The molecule has 0 aliphatic carbocycles. The second-order valence-electron chi connectivity index (χ2n) is 5.74. The maximum Gasteiger partial charge on any atom is 0.320 e. The fraction of sp³-hybridized carbons (Fsp3) is 0.278. The zero-order valence-corrected chi connectivity index (χ0v) is 14.8. The van der Waals surface area contributed by atoms with Gasteiger partial charge in [0, 0.05) is 16.0 Å². The van der Waals surface area contributed by atoms with E-state index in [1.54, 1.807) is 0 Å². The zero-order valence-electron chi connectivity index (χ0n) is 12.5. The third-order valence-electron chi connectivity index (χ3n) is 4.26. The molecule has 1 aliphatic heterocycles. The van der Waals surface area contributed by atoms with Gasteiger partial charge in [-0.2, -0.15) is 0 Å². The van der Waals surface area contributed by atoms with Crippen molar-refractivity contribution in [3.63, 3.8) is 0 Å². The van der Waals surface area contributed by atoms with Gasteiger partial charge in [0.1, 0.15) is 6.04 Å². The second kappa shape index (κ2) is 7.04. The molecule has 1 saturated heterocycles. The van der Waals surface area contributed by atoms with E-state index in [1.807, 2.05) is 42.5 Å². The molecule has 120 valence electrons. The van der Waals surface area contributed by atoms with Crippen LogP contribution in [0.15, 0.2) is 53.0 Å². The largest absolute Gasteiger partial charge is 0.480 e. The molecule has 23 heavy (non-hydrogen) atoms. The lowest BCUT2D eigenvalue weighted by molar-refractivity contribution is -0.142. The molecule has 1 N–H and O–H groups in total. The third kappa shape index (κ3) is 3.60. The molecule has 3 rings (SSSR count). The number of benzene rings is 2. The summed E-state index contributed by atoms with van der Waals surface area (Å²) >= 11 is 9.52. The number of aliphatic carboxylic acids is 1. The molecule has 1 fully saturated rings. The van der Waals surface area contributed by atoms with Crippen LogP contribution >= 0.6 is 27.5 Å². The quantitative estimate of drug-likeness (QED) is 0.814. The molecule has 0 radical (unpaired) electrons. The number of rotatable bonds is 4. The van der Waals surface area contributed by atoms with E-state index in [4.69, 9.17) is 11.6 Å². The van der Waals surface area contributed by atoms with Gasteiger partial charge in [0.25, 0.3) is 0 Å². The Morgan fingerprint density at radius 2 is 1.96 bits per heavy atom. The van der Waals surface area contributed by atoms with Crippen molar-refractivity contribution >= 4 is 33.5 Å². The van der Waals surface area contributed by atoms with Crippen LogP contribution in [0.4, 0.5) is 0 Å². The predicted octanol–water partition coefficient (Wildman–Crippen LogP) is 4.74. The van der Waals surface area contributed by atoms with Gasteiger partial charge in [-0.15, -0.1) is 0 Å². The first-order chi connectivity index (χ1) is 11.1. The summed E-state index contributed by atoms with van der Waals surface area (Å²) in [6.07, 6.45) is 1.59. The fourth-order valence-corrected chi connectivity index (χ4v) is 3.80. The Bertz CT molecular complexity index is 704. The van der Waals surface area contributed by atoms with Crippen molar-refractivity contribution < 1.29 is 9.90 Å². The Hall–Kier alpha value is -1.36. The van der Waals surface area contributed by atoms with Gasteiger partial charge >= 0.3 is 5.97 Å². The molecule has 1 aliphatic rings. The van der Waals surface area contributed by atoms with Crippen LogP contribution in [-0.2, 0) is 4.79 Å². The highest BCUT2D eigenvalue weighted by Gasteiger charge is 2.36. The summed E-state index contributed by atoms with van der Waals surface area (Å²) in [6, 6.07) is 15.2. The second-order valence-corrected chi connectivity index (χ2v) is 7.10. The van der Waals surface area contributed by atoms with Gasteiger partial charge in [0.05, 0.1) is 6.04 Å². The Kier molecular flexibility index (Phi) is 5.05. The van der Waals surface area contributed by atoms with Crippen molar-refractivity contribution in [1.29, 1.82) is 0 Å². The van der Waals surface area contributed by atoms with Gasteiger partial charge in [-0.25, -0.2) is 0 Å². The monoisotopic (exact) mass is 393 g/mol. The maximum atomic E-state index is 11.6. The highest BCUT2D eigenvalue weighted by Crippen LogP contribution is 2.36. The van der Waals surface area contributed by atoms with Crippen LogP contribution in [0.3, 0.4) is 0 Å². The van der Waals surface area contributed by atoms with Crippen LogP contribution in [0, 0.1) is 0 Å². The van der Waals surface area contributed by atoms with Crippen LogP contribution in [0.5, 0.6) is 0 Å². The van der Waals surface area contributed by atoms with Crippen molar-refractivity contribution in [2.75, 3.05) is 6.54 Å². The molecule has 3 nitrogen and oxygen atoms in total. The molecule has 5 heteroatoms. The number of hydrogen-bond donors (Lipinski definition) is 1. The van der Waals surface area contributed by atoms with Crippen molar-refractivity contribution in [2.24, 2.45) is 0 Å². The van der Waals surface area contributed by atoms with Crippen molar-refractivity contribution in [3.05, 3.63) is 69.2 Å². The summed E-state index contributed by atoms with van der Waals surface area (Å²) in [5.41, 5.74) is 2.13. The molecule has 1 heterocycles. The number of carboxylic acids is 1. The van der Waals surface area contributed by atoms with E-state index in [2.05, 4.69) is 26.9 Å². The van der Waals surface area contributed by atoms with E-state index < -0.39 is 12.0 Å². The maximum absolute atomic E-state index is 11.6. The molecule has 0 bridgehead atoms. The summed E-state index contributed by atoms with van der Waals surface area (Å²) < 4.78 is 0.986. The summed E-state index contributed by atoms with van der Waals surface area (Å²) in [5, 5.41) is 10.2. The number of carbonyl (C=O) groups is 1. The third-order valence-corrected chi connectivity index (χ3v) is 5.01. The molecular weight excluding hydrogens is 378 g/mol. The summed E-state index contributed by atoms with van der Waals surface area (Å²) in [4.78, 5) is 13.7. The van der Waals surface area contributed by atoms with Gasteiger partial charge in [0.15, 0.2) is 0 Å². The minimum Gasteiger partial charge on any atom is -0.480 e. The van der Waals surface area contributed by atoms with E-state index in [0.717, 1.165) is 28.6 Å². The van der Waals surface area contributed by atoms with Crippen LogP contribution < -0.4 is 0 Å². The lowest BCUT2D eigenvalue weighted by atomic mass is 9.96. The number of nitrogens with zero attached hydrogens (tertiary/aromatic N) is 1. The SMILES string of the molecule is O=C(O)C1CCCN1C(c1ccc(Cl)cc1)c1cccc(Br)c1. The Labute approximate surface area is 149 Å². The first-order valence-corrected chi connectivity index (χ1v) is 8.73. The number of halogens is 2. The molecule has 2 aromatic carbocycles. The standard InChI is InChI=1S/C18H17BrClNO2/c19-14-4-1-3-13(11-14)17(12-6-8-15(20)9-7-12)21-10-2-5-16(21)18(22)23/h1,3-4,6-9,11,16-17H,2,5,10H2,(H,22,23).